The van der Waals surface area contributed by atoms with Crippen LogP contribution in [-0.2, 0) is 11.2 Å². The molecule has 1 aliphatic heterocycles. The van der Waals surface area contributed by atoms with E-state index in [-0.39, 0.29) is 11.8 Å². The number of carbonyl (C=O) groups excluding carboxylic acids is 3. The van der Waals surface area contributed by atoms with Crippen LogP contribution in [0.2, 0.25) is 0 Å². The number of benzene rings is 2. The van der Waals surface area contributed by atoms with Crippen molar-refractivity contribution in [2.45, 2.75) is 31.8 Å². The average Bonchev–Trinajstić information content (AvgIpc) is 3.56. The summed E-state index contributed by atoms with van der Waals surface area (Å²) in [6.07, 6.45) is 0.840. The highest BCUT2D eigenvalue weighted by atomic mass is 16.5. The van der Waals surface area contributed by atoms with E-state index in [9.17, 15) is 19.5 Å². The van der Waals surface area contributed by atoms with E-state index in [1.54, 1.807) is 34.1 Å². The Kier molecular flexibility index (Phi) is 5.88. The topological polar surface area (TPSA) is 113 Å². The Morgan fingerprint density at radius 1 is 1.00 bits per heavy atom. The number of nitrogens with zero attached hydrogens (tertiary/aromatic N) is 2. The minimum atomic E-state index is -1.17. The molecule has 3 amide bonds. The normalized spacial score (nSPS) is 17.1. The third-order valence-corrected chi connectivity index (χ3v) is 6.12. The minimum Gasteiger partial charge on any atom is -0.410 e. The highest BCUT2D eigenvalue weighted by Gasteiger charge is 2.50. The van der Waals surface area contributed by atoms with Gasteiger partial charge in [-0.3, -0.25) is 9.59 Å². The van der Waals surface area contributed by atoms with Gasteiger partial charge in [0.25, 0.3) is 11.8 Å². The maximum atomic E-state index is 12.9. The summed E-state index contributed by atoms with van der Waals surface area (Å²) in [5.41, 5.74) is 7.25. The van der Waals surface area contributed by atoms with Gasteiger partial charge in [-0.2, -0.15) is 0 Å². The van der Waals surface area contributed by atoms with Crippen LogP contribution in [0.15, 0.2) is 42.5 Å². The lowest BCUT2D eigenvalue weighted by Gasteiger charge is -2.35. The first-order valence-corrected chi connectivity index (χ1v) is 10.8. The Balaban J connectivity index is 1.45. The molecule has 2 aliphatic rings. The van der Waals surface area contributed by atoms with Crippen molar-refractivity contribution < 1.29 is 24.2 Å². The van der Waals surface area contributed by atoms with Crippen LogP contribution in [0.25, 0.3) is 11.1 Å². The molecular weight excluding hydrogens is 410 g/mol. The summed E-state index contributed by atoms with van der Waals surface area (Å²) in [5, 5.41) is 10.0. The Morgan fingerprint density at radius 3 is 2.19 bits per heavy atom. The van der Waals surface area contributed by atoms with Gasteiger partial charge in [-0.05, 0) is 48.6 Å². The van der Waals surface area contributed by atoms with Gasteiger partial charge in [-0.1, -0.05) is 31.2 Å². The summed E-state index contributed by atoms with van der Waals surface area (Å²) >= 11 is 0. The van der Waals surface area contributed by atoms with Crippen LogP contribution in [0.1, 0.15) is 35.7 Å². The van der Waals surface area contributed by atoms with Gasteiger partial charge in [0.05, 0.1) is 0 Å². The standard InChI is InChI=1S/C24H27N3O5/c1-2-18-19(4-3-5-20(18)32-23(25)30)16-6-8-17(9-7-16)21(28)26-12-14-27(15-13-26)22(29)24(31)10-11-24/h3-9,31H,2,10-15H2,1H3,(H2,25,30). The molecule has 0 unspecified atom stereocenters. The largest absolute Gasteiger partial charge is 0.410 e. The van der Waals surface area contributed by atoms with Crippen LogP contribution < -0.4 is 10.5 Å². The molecule has 0 bridgehead atoms. The molecule has 168 valence electrons. The van der Waals surface area contributed by atoms with Crippen LogP contribution in [0.3, 0.4) is 0 Å². The number of nitrogens with two attached hydrogens (primary N) is 1. The molecule has 1 heterocycles. The van der Waals surface area contributed by atoms with E-state index in [4.69, 9.17) is 10.5 Å². The molecule has 1 saturated carbocycles. The lowest BCUT2D eigenvalue weighted by Crippen LogP contribution is -2.53. The fourth-order valence-corrected chi connectivity index (χ4v) is 4.12. The zero-order valence-electron chi connectivity index (χ0n) is 18.0. The first-order valence-electron chi connectivity index (χ1n) is 10.8. The quantitative estimate of drug-likeness (QED) is 0.744. The third-order valence-electron chi connectivity index (χ3n) is 6.12. The Morgan fingerprint density at radius 2 is 1.62 bits per heavy atom. The second kappa shape index (κ2) is 8.63. The second-order valence-corrected chi connectivity index (χ2v) is 8.25. The van der Waals surface area contributed by atoms with Crippen molar-refractivity contribution in [3.8, 4) is 16.9 Å². The molecule has 3 N–H and O–H groups in total. The lowest BCUT2D eigenvalue weighted by atomic mass is 9.96. The van der Waals surface area contributed by atoms with Crippen LogP contribution in [0.5, 0.6) is 5.75 Å². The van der Waals surface area contributed by atoms with E-state index in [2.05, 4.69) is 0 Å². The summed E-state index contributed by atoms with van der Waals surface area (Å²) in [6, 6.07) is 12.7. The Labute approximate surface area is 186 Å². The first-order chi connectivity index (χ1) is 15.3. The van der Waals surface area contributed by atoms with Crippen LogP contribution in [-0.4, -0.2) is 64.6 Å². The Hall–Kier alpha value is -3.39. The molecule has 4 rings (SSSR count). The van der Waals surface area contributed by atoms with Crippen molar-refractivity contribution in [3.05, 3.63) is 53.6 Å². The zero-order valence-corrected chi connectivity index (χ0v) is 18.0. The summed E-state index contributed by atoms with van der Waals surface area (Å²) in [6.45, 7) is 3.70. The van der Waals surface area contributed by atoms with Crippen molar-refractivity contribution in [2.24, 2.45) is 5.73 Å². The number of piperazine rings is 1. The zero-order chi connectivity index (χ0) is 22.9. The molecule has 2 fully saturated rings. The van der Waals surface area contributed by atoms with E-state index in [0.29, 0.717) is 56.8 Å². The second-order valence-electron chi connectivity index (χ2n) is 8.25. The van der Waals surface area contributed by atoms with Crippen molar-refractivity contribution in [3.63, 3.8) is 0 Å². The lowest BCUT2D eigenvalue weighted by molar-refractivity contribution is -0.143. The van der Waals surface area contributed by atoms with Gasteiger partial charge in [0.1, 0.15) is 11.4 Å². The number of amides is 3. The average molecular weight is 437 g/mol. The summed E-state index contributed by atoms with van der Waals surface area (Å²) in [5.74, 6) is 0.125. The van der Waals surface area contributed by atoms with Gasteiger partial charge in [0.2, 0.25) is 0 Å². The molecule has 0 spiro atoms. The number of primary amides is 1. The predicted octanol–water partition coefficient (Wildman–Crippen LogP) is 2.18. The van der Waals surface area contributed by atoms with Gasteiger partial charge in [-0.25, -0.2) is 4.79 Å². The van der Waals surface area contributed by atoms with Crippen molar-refractivity contribution in [1.82, 2.24) is 9.80 Å². The number of hydrogen-bond donors (Lipinski definition) is 2. The van der Waals surface area contributed by atoms with E-state index >= 15 is 0 Å². The van der Waals surface area contributed by atoms with E-state index < -0.39 is 11.7 Å². The minimum absolute atomic E-state index is 0.0877. The number of carbonyl (C=O) groups is 3. The predicted molar refractivity (Wildman–Crippen MR) is 118 cm³/mol. The molecule has 8 nitrogen and oxygen atoms in total. The maximum Gasteiger partial charge on any atom is 0.409 e. The number of aliphatic hydroxyl groups is 1. The highest BCUT2D eigenvalue weighted by molar-refractivity contribution is 5.95. The van der Waals surface area contributed by atoms with Gasteiger partial charge < -0.3 is 25.4 Å². The van der Waals surface area contributed by atoms with Crippen molar-refractivity contribution in [2.75, 3.05) is 26.2 Å². The van der Waals surface area contributed by atoms with Crippen LogP contribution >= 0.6 is 0 Å². The molecule has 8 heteroatoms. The van der Waals surface area contributed by atoms with Gasteiger partial charge in [-0.15, -0.1) is 0 Å². The van der Waals surface area contributed by atoms with Crippen molar-refractivity contribution >= 4 is 17.9 Å². The third kappa shape index (κ3) is 4.31. The SMILES string of the molecule is CCc1c(OC(N)=O)cccc1-c1ccc(C(=O)N2CCN(C(=O)C3(O)CC3)CC2)cc1. The number of hydrogen-bond acceptors (Lipinski definition) is 5. The fourth-order valence-electron chi connectivity index (χ4n) is 4.12. The van der Waals surface area contributed by atoms with E-state index in [1.165, 1.54) is 0 Å². The van der Waals surface area contributed by atoms with Crippen molar-refractivity contribution in [1.29, 1.82) is 0 Å². The number of rotatable bonds is 5. The summed E-state index contributed by atoms with van der Waals surface area (Å²) < 4.78 is 5.12. The Bertz CT molecular complexity index is 1040. The highest BCUT2D eigenvalue weighted by Crippen LogP contribution is 2.37. The monoisotopic (exact) mass is 437 g/mol. The molecule has 0 aromatic heterocycles. The van der Waals surface area contributed by atoms with Crippen LogP contribution in [0.4, 0.5) is 4.79 Å². The summed E-state index contributed by atoms with van der Waals surface area (Å²) in [4.78, 5) is 39.8. The smallest absolute Gasteiger partial charge is 0.409 e. The molecule has 1 aliphatic carbocycles. The fraction of sp³-hybridized carbons (Fsp3) is 0.375. The van der Waals surface area contributed by atoms with Crippen LogP contribution in [0, 0.1) is 0 Å². The van der Waals surface area contributed by atoms with E-state index in [1.807, 2.05) is 25.1 Å². The molecular formula is C24H27N3O5. The van der Waals surface area contributed by atoms with E-state index in [0.717, 1.165) is 16.7 Å². The summed E-state index contributed by atoms with van der Waals surface area (Å²) in [7, 11) is 0. The van der Waals surface area contributed by atoms with Gasteiger partial charge in [0.15, 0.2) is 0 Å². The number of ether oxygens (including phenoxy) is 1. The van der Waals surface area contributed by atoms with Gasteiger partial charge in [0, 0.05) is 37.3 Å². The maximum absolute atomic E-state index is 12.9. The molecule has 1 saturated heterocycles. The molecule has 2 aromatic rings. The molecule has 0 atom stereocenters. The first kappa shape index (κ1) is 21.8. The molecule has 32 heavy (non-hydrogen) atoms. The molecule has 2 aromatic carbocycles. The molecule has 0 radical (unpaired) electrons. The van der Waals surface area contributed by atoms with Gasteiger partial charge >= 0.3 is 6.09 Å².